The van der Waals surface area contributed by atoms with Crippen LogP contribution in [0.1, 0.15) is 40.7 Å². The van der Waals surface area contributed by atoms with Crippen molar-refractivity contribution in [1.29, 1.82) is 0 Å². The summed E-state index contributed by atoms with van der Waals surface area (Å²) in [6, 6.07) is 14.2. The Kier molecular flexibility index (Phi) is 7.03. The summed E-state index contributed by atoms with van der Waals surface area (Å²) in [5.74, 6) is 2.14. The number of methoxy groups -OCH3 is 1. The van der Waals surface area contributed by atoms with Crippen LogP contribution in [-0.2, 0) is 13.0 Å². The van der Waals surface area contributed by atoms with E-state index in [-0.39, 0.29) is 5.78 Å². The number of carbonyl (C=O) groups is 1. The first kappa shape index (κ1) is 20.9. The van der Waals surface area contributed by atoms with Gasteiger partial charge in [0.25, 0.3) is 0 Å². The number of benzene rings is 2. The highest BCUT2D eigenvalue weighted by molar-refractivity contribution is 5.99. The van der Waals surface area contributed by atoms with Gasteiger partial charge in [0.15, 0.2) is 5.78 Å². The van der Waals surface area contributed by atoms with Crippen LogP contribution in [0, 0.1) is 0 Å². The van der Waals surface area contributed by atoms with E-state index in [1.54, 1.807) is 7.11 Å². The van der Waals surface area contributed by atoms with Crippen molar-refractivity contribution in [3.63, 3.8) is 0 Å². The fraction of sp³-hybridized carbons (Fsp3) is 0.480. The van der Waals surface area contributed by atoms with E-state index in [1.165, 1.54) is 5.56 Å². The molecular formula is C25H32N2O3. The smallest absolute Gasteiger partial charge is 0.163 e. The van der Waals surface area contributed by atoms with Gasteiger partial charge >= 0.3 is 0 Å². The third-order valence-corrected chi connectivity index (χ3v) is 6.19. The second-order valence-corrected chi connectivity index (χ2v) is 8.19. The fourth-order valence-electron chi connectivity index (χ4n) is 4.50. The van der Waals surface area contributed by atoms with Gasteiger partial charge in [-0.15, -0.1) is 0 Å². The molecule has 5 nitrogen and oxygen atoms in total. The van der Waals surface area contributed by atoms with Crippen molar-refractivity contribution < 1.29 is 14.3 Å². The zero-order valence-corrected chi connectivity index (χ0v) is 17.9. The lowest BCUT2D eigenvalue weighted by Gasteiger charge is -2.34. The molecule has 0 bridgehead atoms. The first-order valence-electron chi connectivity index (χ1n) is 11.1. The third kappa shape index (κ3) is 5.02. The van der Waals surface area contributed by atoms with Crippen molar-refractivity contribution in [2.45, 2.75) is 32.2 Å². The van der Waals surface area contributed by atoms with E-state index in [2.05, 4.69) is 21.9 Å². The number of carbonyl (C=O) groups excluding carboxylic acids is 1. The van der Waals surface area contributed by atoms with Crippen LogP contribution in [0.5, 0.6) is 11.5 Å². The van der Waals surface area contributed by atoms with Crippen LogP contribution in [0.3, 0.4) is 0 Å². The van der Waals surface area contributed by atoms with E-state index in [4.69, 9.17) is 9.47 Å². The van der Waals surface area contributed by atoms with Gasteiger partial charge in [-0.25, -0.2) is 0 Å². The molecular weight excluding hydrogens is 376 g/mol. The monoisotopic (exact) mass is 408 g/mol. The van der Waals surface area contributed by atoms with Gasteiger partial charge in [-0.3, -0.25) is 9.69 Å². The van der Waals surface area contributed by atoms with Crippen LogP contribution in [0.4, 0.5) is 0 Å². The molecule has 2 aliphatic rings. The maximum absolute atomic E-state index is 12.1. The number of rotatable bonds is 8. The molecule has 1 saturated heterocycles. The van der Waals surface area contributed by atoms with Crippen LogP contribution in [0.25, 0.3) is 0 Å². The molecule has 1 heterocycles. The number of hydrogen-bond acceptors (Lipinski definition) is 5. The summed E-state index contributed by atoms with van der Waals surface area (Å²) in [5.41, 5.74) is 3.23. The number of ether oxygens (including phenoxy) is 2. The minimum atomic E-state index is 0.257. The zero-order valence-electron chi connectivity index (χ0n) is 17.9. The van der Waals surface area contributed by atoms with E-state index in [0.29, 0.717) is 13.0 Å². The summed E-state index contributed by atoms with van der Waals surface area (Å²) in [5, 5.41) is 0. The number of Topliss-reactive ketones (excluding diaryl/α,β-unsaturated/α-hetero) is 1. The quantitative estimate of drug-likeness (QED) is 0.622. The molecule has 0 radical (unpaired) electrons. The molecule has 0 unspecified atom stereocenters. The van der Waals surface area contributed by atoms with E-state index >= 15 is 0 Å². The van der Waals surface area contributed by atoms with Crippen LogP contribution < -0.4 is 9.47 Å². The number of hydrogen-bond donors (Lipinski definition) is 0. The van der Waals surface area contributed by atoms with Crippen molar-refractivity contribution in [2.24, 2.45) is 0 Å². The molecule has 5 heteroatoms. The number of piperazine rings is 1. The van der Waals surface area contributed by atoms with Gasteiger partial charge in [0.05, 0.1) is 13.7 Å². The number of nitrogens with zero attached hydrogens (tertiary/aromatic N) is 2. The molecule has 0 saturated carbocycles. The summed E-state index contributed by atoms with van der Waals surface area (Å²) in [7, 11) is 1.74. The Morgan fingerprint density at radius 2 is 1.67 bits per heavy atom. The fourth-order valence-corrected chi connectivity index (χ4v) is 4.50. The highest BCUT2D eigenvalue weighted by Crippen LogP contribution is 2.29. The standard InChI is InChI=1S/C25H32N2O3/c1-29-24-11-3-2-7-20(24)19-27-16-14-26(15-17-27)13-6-18-30-25-12-5-8-21-22(25)9-4-10-23(21)28/h2-3,5,7-8,11-12H,4,6,9-10,13-19H2,1H3. The van der Waals surface area contributed by atoms with Crippen molar-refractivity contribution in [3.8, 4) is 11.5 Å². The van der Waals surface area contributed by atoms with E-state index < -0.39 is 0 Å². The molecule has 2 aromatic carbocycles. The molecule has 1 aliphatic carbocycles. The third-order valence-electron chi connectivity index (χ3n) is 6.19. The minimum Gasteiger partial charge on any atom is -0.496 e. The zero-order chi connectivity index (χ0) is 20.8. The molecule has 0 amide bonds. The second kappa shape index (κ2) is 10.1. The highest BCUT2D eigenvalue weighted by Gasteiger charge is 2.21. The topological polar surface area (TPSA) is 42.0 Å². The second-order valence-electron chi connectivity index (χ2n) is 8.19. The Hall–Kier alpha value is -2.37. The molecule has 0 spiro atoms. The van der Waals surface area contributed by atoms with Gasteiger partial charge in [0.1, 0.15) is 11.5 Å². The van der Waals surface area contributed by atoms with E-state index in [9.17, 15) is 4.79 Å². The average molecular weight is 409 g/mol. The molecule has 2 aromatic rings. The lowest BCUT2D eigenvalue weighted by Crippen LogP contribution is -2.46. The Morgan fingerprint density at radius 1 is 0.900 bits per heavy atom. The summed E-state index contributed by atoms with van der Waals surface area (Å²) in [6.45, 7) is 7.02. The number of ketones is 1. The first-order chi connectivity index (χ1) is 14.7. The minimum absolute atomic E-state index is 0.257. The molecule has 160 valence electrons. The first-order valence-corrected chi connectivity index (χ1v) is 11.1. The average Bonchev–Trinajstić information content (AvgIpc) is 2.79. The van der Waals surface area contributed by atoms with Crippen LogP contribution in [-0.4, -0.2) is 62.0 Å². The Morgan fingerprint density at radius 3 is 2.50 bits per heavy atom. The van der Waals surface area contributed by atoms with E-state index in [0.717, 1.165) is 81.2 Å². The summed E-state index contributed by atoms with van der Waals surface area (Å²) in [4.78, 5) is 17.1. The highest BCUT2D eigenvalue weighted by atomic mass is 16.5. The molecule has 1 fully saturated rings. The van der Waals surface area contributed by atoms with Crippen molar-refractivity contribution in [1.82, 2.24) is 9.80 Å². The van der Waals surface area contributed by atoms with Crippen LogP contribution in [0.15, 0.2) is 42.5 Å². The van der Waals surface area contributed by atoms with Crippen molar-refractivity contribution in [3.05, 3.63) is 59.2 Å². The molecule has 0 aromatic heterocycles. The lowest BCUT2D eigenvalue weighted by atomic mass is 9.90. The summed E-state index contributed by atoms with van der Waals surface area (Å²) < 4.78 is 11.5. The maximum Gasteiger partial charge on any atom is 0.163 e. The van der Waals surface area contributed by atoms with Gasteiger partial charge in [0, 0.05) is 62.4 Å². The van der Waals surface area contributed by atoms with Crippen LogP contribution in [0.2, 0.25) is 0 Å². The van der Waals surface area contributed by atoms with Crippen LogP contribution >= 0.6 is 0 Å². The predicted octanol–water partition coefficient (Wildman–Crippen LogP) is 3.80. The maximum atomic E-state index is 12.1. The van der Waals surface area contributed by atoms with Crippen molar-refractivity contribution in [2.75, 3.05) is 46.4 Å². The Bertz CT molecular complexity index is 859. The predicted molar refractivity (Wildman–Crippen MR) is 119 cm³/mol. The SMILES string of the molecule is COc1ccccc1CN1CCN(CCCOc2cccc3c2CCCC3=O)CC1. The normalized spacial score (nSPS) is 17.6. The van der Waals surface area contributed by atoms with Gasteiger partial charge < -0.3 is 14.4 Å². The van der Waals surface area contributed by atoms with Gasteiger partial charge in [-0.1, -0.05) is 30.3 Å². The van der Waals surface area contributed by atoms with Gasteiger partial charge in [-0.05, 0) is 31.4 Å². The molecule has 1 aliphatic heterocycles. The van der Waals surface area contributed by atoms with Gasteiger partial charge in [0.2, 0.25) is 0 Å². The summed E-state index contributed by atoms with van der Waals surface area (Å²) >= 11 is 0. The molecule has 30 heavy (non-hydrogen) atoms. The van der Waals surface area contributed by atoms with Crippen molar-refractivity contribution >= 4 is 5.78 Å². The number of para-hydroxylation sites is 1. The number of fused-ring (bicyclic) bond motifs is 1. The lowest BCUT2D eigenvalue weighted by molar-refractivity contribution is 0.0971. The largest absolute Gasteiger partial charge is 0.496 e. The molecule has 0 atom stereocenters. The van der Waals surface area contributed by atoms with Gasteiger partial charge in [-0.2, -0.15) is 0 Å². The molecule has 0 N–H and O–H groups in total. The van der Waals surface area contributed by atoms with E-state index in [1.807, 2.05) is 30.3 Å². The molecule has 4 rings (SSSR count). The summed E-state index contributed by atoms with van der Waals surface area (Å²) in [6.07, 6.45) is 3.56. The Labute approximate surface area is 179 Å². The Balaban J connectivity index is 1.19.